The van der Waals surface area contributed by atoms with E-state index in [4.69, 9.17) is 10.9 Å². The van der Waals surface area contributed by atoms with Crippen LogP contribution in [0, 0.1) is 11.8 Å². The Morgan fingerprint density at radius 3 is 2.46 bits per heavy atom. The molecule has 6 heteroatoms. The summed E-state index contributed by atoms with van der Waals surface area (Å²) >= 11 is 0. The zero-order valence-corrected chi connectivity index (χ0v) is 8.20. The van der Waals surface area contributed by atoms with Gasteiger partial charge in [-0.1, -0.05) is 0 Å². The van der Waals surface area contributed by atoms with Gasteiger partial charge in [-0.3, -0.25) is 0 Å². The molecule has 1 saturated heterocycles. The Hall–Kier alpha value is -0.170. The Morgan fingerprint density at radius 1 is 1.38 bits per heavy atom. The molecule has 13 heavy (non-hydrogen) atoms. The van der Waals surface area contributed by atoms with E-state index in [2.05, 4.69) is 0 Å². The van der Waals surface area contributed by atoms with Gasteiger partial charge in [-0.2, -0.15) is 12.7 Å². The van der Waals surface area contributed by atoms with Crippen molar-refractivity contribution in [2.24, 2.45) is 22.7 Å². The molecular formula is C7H15N3O2S. The molecule has 1 aliphatic carbocycles. The van der Waals surface area contributed by atoms with Crippen molar-refractivity contribution in [3.63, 3.8) is 0 Å². The second-order valence-corrected chi connectivity index (χ2v) is 5.49. The number of nitrogens with zero attached hydrogens (tertiary/aromatic N) is 1. The molecule has 3 atom stereocenters. The summed E-state index contributed by atoms with van der Waals surface area (Å²) in [4.78, 5) is 0. The standard InChI is InChI=1S/C7H15N3O2S/c8-3-5-1-7-2-6(5)4-10(7)13(9,11)12/h5-7H,1-4,8H2,(H2,9,11,12)/t5-,6-,7+/m0/s1. The Balaban J connectivity index is 2.12. The van der Waals surface area contributed by atoms with E-state index in [0.29, 0.717) is 24.9 Å². The van der Waals surface area contributed by atoms with Gasteiger partial charge in [0.05, 0.1) is 0 Å². The number of fused-ring (bicyclic) bond motifs is 2. The minimum Gasteiger partial charge on any atom is -0.330 e. The molecule has 0 aromatic heterocycles. The molecule has 2 bridgehead atoms. The van der Waals surface area contributed by atoms with Gasteiger partial charge in [-0.15, -0.1) is 0 Å². The lowest BCUT2D eigenvalue weighted by atomic mass is 9.96. The maximum absolute atomic E-state index is 11.1. The maximum atomic E-state index is 11.1. The quantitative estimate of drug-likeness (QED) is 0.597. The van der Waals surface area contributed by atoms with Crippen molar-refractivity contribution in [3.05, 3.63) is 0 Å². The summed E-state index contributed by atoms with van der Waals surface area (Å²) < 4.78 is 23.6. The van der Waals surface area contributed by atoms with Crippen LogP contribution >= 0.6 is 0 Å². The van der Waals surface area contributed by atoms with Gasteiger partial charge in [0.25, 0.3) is 10.2 Å². The highest BCUT2D eigenvalue weighted by atomic mass is 32.2. The van der Waals surface area contributed by atoms with Crippen LogP contribution in [0.3, 0.4) is 0 Å². The number of rotatable bonds is 2. The third-order valence-electron chi connectivity index (χ3n) is 3.27. The SMILES string of the molecule is NC[C@@H]1C[C@@H]2C[C@H]1CN2S(N)(=O)=O. The first-order valence-electron chi connectivity index (χ1n) is 4.52. The molecule has 0 spiro atoms. The van der Waals surface area contributed by atoms with Crippen molar-refractivity contribution >= 4 is 10.2 Å². The van der Waals surface area contributed by atoms with Crippen LogP contribution in [0.2, 0.25) is 0 Å². The Labute approximate surface area is 78.3 Å². The topological polar surface area (TPSA) is 89.4 Å². The van der Waals surface area contributed by atoms with Crippen LogP contribution in [0.4, 0.5) is 0 Å². The van der Waals surface area contributed by atoms with Gasteiger partial charge in [-0.25, -0.2) is 5.14 Å². The molecule has 0 aromatic carbocycles. The van der Waals surface area contributed by atoms with Crippen molar-refractivity contribution in [1.29, 1.82) is 0 Å². The Kier molecular flexibility index (Phi) is 2.10. The minimum absolute atomic E-state index is 0.119. The molecule has 0 aromatic rings. The van der Waals surface area contributed by atoms with E-state index in [9.17, 15) is 8.42 Å². The van der Waals surface area contributed by atoms with Gasteiger partial charge in [0.15, 0.2) is 0 Å². The van der Waals surface area contributed by atoms with Crippen molar-refractivity contribution in [1.82, 2.24) is 4.31 Å². The molecule has 1 aliphatic heterocycles. The van der Waals surface area contributed by atoms with E-state index in [1.165, 1.54) is 4.31 Å². The van der Waals surface area contributed by atoms with Crippen LogP contribution in [0.1, 0.15) is 12.8 Å². The summed E-state index contributed by atoms with van der Waals surface area (Å²) in [5.74, 6) is 0.941. The zero-order chi connectivity index (χ0) is 9.64. The average molecular weight is 205 g/mol. The molecule has 4 N–H and O–H groups in total. The molecule has 2 fully saturated rings. The van der Waals surface area contributed by atoms with E-state index in [-0.39, 0.29) is 6.04 Å². The predicted molar refractivity (Wildman–Crippen MR) is 48.9 cm³/mol. The molecule has 0 amide bonds. The maximum Gasteiger partial charge on any atom is 0.277 e. The van der Waals surface area contributed by atoms with E-state index in [1.807, 2.05) is 0 Å². The highest BCUT2D eigenvalue weighted by Gasteiger charge is 2.47. The fourth-order valence-corrected chi connectivity index (χ4v) is 3.61. The molecule has 1 heterocycles. The third-order valence-corrected chi connectivity index (χ3v) is 4.37. The largest absolute Gasteiger partial charge is 0.330 e. The first-order chi connectivity index (χ1) is 6.02. The number of hydrogen-bond donors (Lipinski definition) is 2. The second kappa shape index (κ2) is 2.91. The lowest BCUT2D eigenvalue weighted by molar-refractivity contribution is 0.268. The molecular weight excluding hydrogens is 190 g/mol. The van der Waals surface area contributed by atoms with Crippen molar-refractivity contribution in [2.45, 2.75) is 18.9 Å². The normalized spacial score (nSPS) is 40.0. The van der Waals surface area contributed by atoms with Gasteiger partial charge in [0.2, 0.25) is 0 Å². The highest BCUT2D eigenvalue weighted by molar-refractivity contribution is 7.86. The van der Waals surface area contributed by atoms with Crippen LogP contribution in [0.25, 0.3) is 0 Å². The van der Waals surface area contributed by atoms with Gasteiger partial charge in [0.1, 0.15) is 0 Å². The lowest BCUT2D eigenvalue weighted by Gasteiger charge is -2.28. The van der Waals surface area contributed by atoms with E-state index in [0.717, 1.165) is 12.8 Å². The number of piperidine rings is 1. The fraction of sp³-hybridized carbons (Fsp3) is 1.00. The Bertz CT molecular complexity index is 303. The van der Waals surface area contributed by atoms with Crippen molar-refractivity contribution in [3.8, 4) is 0 Å². The number of hydrogen-bond acceptors (Lipinski definition) is 3. The van der Waals surface area contributed by atoms with Crippen molar-refractivity contribution in [2.75, 3.05) is 13.1 Å². The average Bonchev–Trinajstić information content (AvgIpc) is 2.59. The first-order valence-corrected chi connectivity index (χ1v) is 6.02. The van der Waals surface area contributed by atoms with Gasteiger partial charge in [-0.05, 0) is 31.2 Å². The van der Waals surface area contributed by atoms with Crippen LogP contribution in [-0.4, -0.2) is 31.9 Å². The number of nitrogens with two attached hydrogens (primary N) is 2. The smallest absolute Gasteiger partial charge is 0.277 e. The van der Waals surface area contributed by atoms with E-state index in [1.54, 1.807) is 0 Å². The van der Waals surface area contributed by atoms with Crippen LogP contribution < -0.4 is 10.9 Å². The molecule has 5 nitrogen and oxygen atoms in total. The minimum atomic E-state index is -3.47. The van der Waals surface area contributed by atoms with Gasteiger partial charge >= 0.3 is 0 Å². The summed E-state index contributed by atoms with van der Waals surface area (Å²) in [7, 11) is -3.47. The Morgan fingerprint density at radius 2 is 2.08 bits per heavy atom. The second-order valence-electron chi connectivity index (χ2n) is 4.00. The third kappa shape index (κ3) is 1.48. The highest BCUT2D eigenvalue weighted by Crippen LogP contribution is 2.42. The van der Waals surface area contributed by atoms with Gasteiger partial charge < -0.3 is 5.73 Å². The van der Waals surface area contributed by atoms with Crippen LogP contribution in [0.15, 0.2) is 0 Å². The molecule has 0 unspecified atom stereocenters. The summed E-state index contributed by atoms with van der Waals surface area (Å²) in [5.41, 5.74) is 5.58. The van der Waals surface area contributed by atoms with E-state index < -0.39 is 10.2 Å². The summed E-state index contributed by atoms with van der Waals surface area (Å²) in [6, 6.07) is 0.119. The fourth-order valence-electron chi connectivity index (χ4n) is 2.62. The monoisotopic (exact) mass is 205 g/mol. The van der Waals surface area contributed by atoms with Crippen molar-refractivity contribution < 1.29 is 8.42 Å². The zero-order valence-electron chi connectivity index (χ0n) is 7.39. The summed E-state index contributed by atoms with van der Waals surface area (Å²) in [6.07, 6.45) is 1.83. The first kappa shape index (κ1) is 9.39. The summed E-state index contributed by atoms with van der Waals surface area (Å²) in [5, 5.41) is 5.08. The predicted octanol–water partition coefficient (Wildman–Crippen LogP) is -1.14. The molecule has 0 radical (unpaired) electrons. The van der Waals surface area contributed by atoms with Gasteiger partial charge in [0, 0.05) is 12.6 Å². The lowest BCUT2D eigenvalue weighted by Crippen LogP contribution is -2.44. The molecule has 1 saturated carbocycles. The molecule has 76 valence electrons. The molecule has 2 aliphatic rings. The molecule has 2 rings (SSSR count). The van der Waals surface area contributed by atoms with E-state index >= 15 is 0 Å². The van der Waals surface area contributed by atoms with Crippen LogP contribution in [-0.2, 0) is 10.2 Å². The summed E-state index contributed by atoms with van der Waals surface area (Å²) in [6.45, 7) is 1.24. The van der Waals surface area contributed by atoms with Crippen LogP contribution in [0.5, 0.6) is 0 Å².